The third-order valence-corrected chi connectivity index (χ3v) is 3.89. The smallest absolute Gasteiger partial charge is 0.119 e. The van der Waals surface area contributed by atoms with Gasteiger partial charge in [0.15, 0.2) is 0 Å². The predicted octanol–water partition coefficient (Wildman–Crippen LogP) is 5.43. The Kier molecular flexibility index (Phi) is 5.51. The number of anilines is 1. The number of aryl methyl sites for hydroxylation is 1. The minimum atomic E-state index is 0.674. The predicted molar refractivity (Wildman–Crippen MR) is 105 cm³/mol. The normalized spacial score (nSPS) is 11.2. The van der Waals surface area contributed by atoms with Gasteiger partial charge in [-0.25, -0.2) is 0 Å². The molecule has 0 fully saturated rings. The zero-order valence-electron chi connectivity index (χ0n) is 14.3. The van der Waals surface area contributed by atoms with E-state index < -0.39 is 0 Å². The second kappa shape index (κ2) is 7.99. The molecule has 1 N–H and O–H groups in total. The van der Waals surface area contributed by atoms with Gasteiger partial charge in [0.05, 0.1) is 24.0 Å². The van der Waals surface area contributed by atoms with Crippen molar-refractivity contribution >= 4 is 34.4 Å². The van der Waals surface area contributed by atoms with Gasteiger partial charge in [-0.2, -0.15) is 5.10 Å². The monoisotopic (exact) mass is 353 g/mol. The molecule has 0 aliphatic rings. The molecule has 0 aliphatic heterocycles. The quantitative estimate of drug-likeness (QED) is 0.474. The number of pyridine rings is 1. The number of rotatable bonds is 6. The van der Waals surface area contributed by atoms with Crippen molar-refractivity contribution in [2.75, 3.05) is 12.0 Å². The zero-order chi connectivity index (χ0) is 17.6. The van der Waals surface area contributed by atoms with Gasteiger partial charge >= 0.3 is 0 Å². The zero-order valence-corrected chi connectivity index (χ0v) is 15.0. The molecule has 3 aromatic rings. The maximum Gasteiger partial charge on any atom is 0.119 e. The van der Waals surface area contributed by atoms with Crippen molar-refractivity contribution in [2.45, 2.75) is 20.3 Å². The number of halogens is 1. The molecule has 0 bridgehead atoms. The van der Waals surface area contributed by atoms with Gasteiger partial charge in [-0.1, -0.05) is 18.5 Å². The summed E-state index contributed by atoms with van der Waals surface area (Å²) in [5, 5.41) is 5.95. The highest BCUT2D eigenvalue weighted by molar-refractivity contribution is 6.31. The van der Waals surface area contributed by atoms with Crippen LogP contribution in [0.25, 0.3) is 10.9 Å². The Bertz CT molecular complexity index is 891. The molecule has 128 valence electrons. The third kappa shape index (κ3) is 4.48. The fourth-order valence-electron chi connectivity index (χ4n) is 2.47. The van der Waals surface area contributed by atoms with E-state index in [1.54, 1.807) is 6.21 Å². The summed E-state index contributed by atoms with van der Waals surface area (Å²) in [5.74, 6) is 0.873. The van der Waals surface area contributed by atoms with E-state index in [2.05, 4.69) is 22.4 Å². The number of aromatic nitrogens is 1. The van der Waals surface area contributed by atoms with Crippen LogP contribution in [0.2, 0.25) is 5.02 Å². The number of nitrogens with zero attached hydrogens (tertiary/aromatic N) is 2. The van der Waals surface area contributed by atoms with E-state index in [-0.39, 0.29) is 0 Å². The van der Waals surface area contributed by atoms with Crippen molar-refractivity contribution in [1.82, 2.24) is 4.98 Å². The molecule has 1 aromatic heterocycles. The lowest BCUT2D eigenvalue weighted by atomic mass is 10.1. The van der Waals surface area contributed by atoms with Crippen LogP contribution in [0.15, 0.2) is 53.6 Å². The first kappa shape index (κ1) is 17.2. The largest absolute Gasteiger partial charge is 0.494 e. The average Bonchev–Trinajstić information content (AvgIpc) is 2.61. The Balaban J connectivity index is 1.75. The fourth-order valence-corrected chi connectivity index (χ4v) is 2.64. The Morgan fingerprint density at radius 3 is 2.72 bits per heavy atom. The number of hydrogen-bond donors (Lipinski definition) is 1. The van der Waals surface area contributed by atoms with Crippen molar-refractivity contribution in [1.29, 1.82) is 0 Å². The second-order valence-corrected chi connectivity index (χ2v) is 6.20. The molecule has 25 heavy (non-hydrogen) atoms. The highest BCUT2D eigenvalue weighted by Gasteiger charge is 2.04. The second-order valence-electron chi connectivity index (χ2n) is 5.76. The SMILES string of the molecule is CCCOc1ccc(/C=N/Nc2cc(C)nc3ccc(Cl)cc23)cc1. The van der Waals surface area contributed by atoms with Crippen molar-refractivity contribution in [3.8, 4) is 5.75 Å². The molecular formula is C20H20ClN3O. The Morgan fingerprint density at radius 2 is 1.96 bits per heavy atom. The third-order valence-electron chi connectivity index (χ3n) is 3.65. The molecule has 0 amide bonds. The van der Waals surface area contributed by atoms with Crippen LogP contribution in [-0.2, 0) is 0 Å². The first-order valence-electron chi connectivity index (χ1n) is 8.24. The number of ether oxygens (including phenoxy) is 1. The molecule has 0 spiro atoms. The molecule has 4 nitrogen and oxygen atoms in total. The standard InChI is InChI=1S/C20H20ClN3O/c1-3-10-25-17-7-4-15(5-8-17)13-22-24-20-11-14(2)23-19-9-6-16(21)12-18(19)20/h4-9,11-13H,3,10H2,1-2H3,(H,23,24)/b22-13+. The number of benzene rings is 2. The van der Waals surface area contributed by atoms with E-state index in [0.29, 0.717) is 5.02 Å². The number of hydrazone groups is 1. The molecule has 0 saturated carbocycles. The Morgan fingerprint density at radius 1 is 1.16 bits per heavy atom. The molecule has 5 heteroatoms. The Labute approximate surface area is 152 Å². The van der Waals surface area contributed by atoms with Crippen molar-refractivity contribution in [3.05, 3.63) is 64.8 Å². The molecule has 0 unspecified atom stereocenters. The van der Waals surface area contributed by atoms with E-state index in [1.165, 1.54) is 0 Å². The summed E-state index contributed by atoms with van der Waals surface area (Å²) in [4.78, 5) is 4.51. The topological polar surface area (TPSA) is 46.5 Å². The van der Waals surface area contributed by atoms with Crippen LogP contribution < -0.4 is 10.2 Å². The van der Waals surface area contributed by atoms with Crippen molar-refractivity contribution in [3.63, 3.8) is 0 Å². The van der Waals surface area contributed by atoms with Crippen LogP contribution >= 0.6 is 11.6 Å². The van der Waals surface area contributed by atoms with E-state index in [4.69, 9.17) is 16.3 Å². The number of fused-ring (bicyclic) bond motifs is 1. The molecule has 3 rings (SSSR count). The number of hydrogen-bond acceptors (Lipinski definition) is 4. The van der Waals surface area contributed by atoms with Gasteiger partial charge in [0.25, 0.3) is 0 Å². The van der Waals surface area contributed by atoms with Crippen LogP contribution in [-0.4, -0.2) is 17.8 Å². The summed E-state index contributed by atoms with van der Waals surface area (Å²) in [5.41, 5.74) is 6.77. The van der Waals surface area contributed by atoms with Gasteiger partial charge in [-0.3, -0.25) is 10.4 Å². The van der Waals surface area contributed by atoms with Crippen molar-refractivity contribution in [2.24, 2.45) is 5.10 Å². The number of nitrogens with one attached hydrogen (secondary N) is 1. The van der Waals surface area contributed by atoms with E-state index in [1.807, 2.05) is 55.5 Å². The lowest BCUT2D eigenvalue weighted by Crippen LogP contribution is -1.96. The van der Waals surface area contributed by atoms with E-state index in [9.17, 15) is 0 Å². The lowest BCUT2D eigenvalue weighted by Gasteiger charge is -2.07. The van der Waals surface area contributed by atoms with Crippen LogP contribution in [0.5, 0.6) is 5.75 Å². The van der Waals surface area contributed by atoms with Gasteiger partial charge in [-0.05, 0) is 67.4 Å². The van der Waals surface area contributed by atoms with Crippen LogP contribution in [0.4, 0.5) is 5.69 Å². The van der Waals surface area contributed by atoms with E-state index in [0.717, 1.165) is 46.6 Å². The summed E-state index contributed by atoms with van der Waals surface area (Å²) >= 11 is 6.11. The average molecular weight is 354 g/mol. The fraction of sp³-hybridized carbons (Fsp3) is 0.200. The van der Waals surface area contributed by atoms with Gasteiger partial charge < -0.3 is 4.74 Å². The van der Waals surface area contributed by atoms with Crippen LogP contribution in [0.3, 0.4) is 0 Å². The molecule has 0 atom stereocenters. The summed E-state index contributed by atoms with van der Waals surface area (Å²) in [6.45, 7) is 4.77. The molecule has 1 heterocycles. The first-order chi connectivity index (χ1) is 12.2. The highest BCUT2D eigenvalue weighted by Crippen LogP contribution is 2.26. The van der Waals surface area contributed by atoms with Crippen LogP contribution in [0.1, 0.15) is 24.6 Å². The van der Waals surface area contributed by atoms with Gasteiger partial charge in [0, 0.05) is 16.1 Å². The van der Waals surface area contributed by atoms with Crippen molar-refractivity contribution < 1.29 is 4.74 Å². The first-order valence-corrected chi connectivity index (χ1v) is 8.62. The maximum absolute atomic E-state index is 6.11. The summed E-state index contributed by atoms with van der Waals surface area (Å²) in [7, 11) is 0. The van der Waals surface area contributed by atoms with Crippen LogP contribution in [0, 0.1) is 6.92 Å². The molecule has 0 radical (unpaired) electrons. The highest BCUT2D eigenvalue weighted by atomic mass is 35.5. The lowest BCUT2D eigenvalue weighted by molar-refractivity contribution is 0.317. The van der Waals surface area contributed by atoms with Gasteiger partial charge in [0.2, 0.25) is 0 Å². The maximum atomic E-state index is 6.11. The molecule has 2 aromatic carbocycles. The summed E-state index contributed by atoms with van der Waals surface area (Å²) in [6, 6.07) is 15.4. The molecule has 0 saturated heterocycles. The minimum Gasteiger partial charge on any atom is -0.494 e. The molecular weight excluding hydrogens is 334 g/mol. The van der Waals surface area contributed by atoms with E-state index >= 15 is 0 Å². The van der Waals surface area contributed by atoms with Gasteiger partial charge in [-0.15, -0.1) is 0 Å². The molecule has 0 aliphatic carbocycles. The summed E-state index contributed by atoms with van der Waals surface area (Å²) in [6.07, 6.45) is 2.77. The minimum absolute atomic E-state index is 0.674. The summed E-state index contributed by atoms with van der Waals surface area (Å²) < 4.78 is 5.58. The van der Waals surface area contributed by atoms with Gasteiger partial charge in [0.1, 0.15) is 5.75 Å². The Hall–Kier alpha value is -2.59.